The molecule has 0 bridgehead atoms. The molecule has 1 N–H and O–H groups in total. The molecule has 0 aliphatic carbocycles. The minimum Gasteiger partial charge on any atom is -0.439 e. The van der Waals surface area contributed by atoms with E-state index in [0.717, 1.165) is 43.2 Å². The molecule has 1 aliphatic heterocycles. The molecule has 3 rings (SSSR count). The number of benzene rings is 1. The normalized spacial score (nSPS) is 16.5. The Labute approximate surface area is 155 Å². The second-order valence-corrected chi connectivity index (χ2v) is 8.41. The number of fused-ring (bicyclic) bond motifs is 1. The summed E-state index contributed by atoms with van der Waals surface area (Å²) in [6.45, 7) is 14.4. The summed E-state index contributed by atoms with van der Waals surface area (Å²) < 4.78 is 5.92. The van der Waals surface area contributed by atoms with Gasteiger partial charge in [0.2, 0.25) is 5.89 Å². The van der Waals surface area contributed by atoms with Gasteiger partial charge in [-0.1, -0.05) is 26.8 Å². The Morgan fingerprint density at radius 1 is 1.23 bits per heavy atom. The van der Waals surface area contributed by atoms with Crippen molar-refractivity contribution in [3.8, 4) is 0 Å². The Balaban J connectivity index is 1.61. The zero-order chi connectivity index (χ0) is 18.9. The molecule has 2 heterocycles. The highest BCUT2D eigenvalue weighted by atomic mass is 16.3. The third-order valence-corrected chi connectivity index (χ3v) is 4.73. The van der Waals surface area contributed by atoms with E-state index in [0.29, 0.717) is 6.54 Å². The highest BCUT2D eigenvalue weighted by Crippen LogP contribution is 2.26. The quantitative estimate of drug-likeness (QED) is 0.914. The highest BCUT2D eigenvalue weighted by molar-refractivity contribution is 5.74. The third-order valence-electron chi connectivity index (χ3n) is 4.73. The number of carbonyl (C=O) groups is 1. The minimum absolute atomic E-state index is 0.0243. The van der Waals surface area contributed by atoms with Crippen LogP contribution in [0.25, 0.3) is 11.1 Å². The molecule has 0 saturated carbocycles. The van der Waals surface area contributed by atoms with Crippen LogP contribution in [0, 0.1) is 0 Å². The maximum Gasteiger partial charge on any atom is 0.317 e. The van der Waals surface area contributed by atoms with Gasteiger partial charge in [-0.25, -0.2) is 9.78 Å². The molecule has 2 aromatic rings. The van der Waals surface area contributed by atoms with Gasteiger partial charge in [0.15, 0.2) is 5.58 Å². The van der Waals surface area contributed by atoms with Gasteiger partial charge in [-0.15, -0.1) is 0 Å². The fraction of sp³-hybridized carbons (Fsp3) is 0.600. The second kappa shape index (κ2) is 7.27. The first-order valence-electron chi connectivity index (χ1n) is 9.40. The van der Waals surface area contributed by atoms with Crippen LogP contribution in [-0.2, 0) is 12.0 Å². The molecule has 0 unspecified atom stereocenters. The summed E-state index contributed by atoms with van der Waals surface area (Å²) in [4.78, 5) is 20.9. The van der Waals surface area contributed by atoms with Gasteiger partial charge >= 0.3 is 6.03 Å². The summed E-state index contributed by atoms with van der Waals surface area (Å²) in [5.41, 5.74) is 3.11. The molecule has 6 nitrogen and oxygen atoms in total. The van der Waals surface area contributed by atoms with Crippen LogP contribution >= 0.6 is 0 Å². The van der Waals surface area contributed by atoms with Gasteiger partial charge in [-0.05, 0) is 37.0 Å². The fourth-order valence-corrected chi connectivity index (χ4v) is 3.15. The smallest absolute Gasteiger partial charge is 0.317 e. The maximum absolute atomic E-state index is 12.1. The molecule has 142 valence electrons. The number of hydrogen-bond acceptors (Lipinski definition) is 4. The zero-order valence-electron chi connectivity index (χ0n) is 16.5. The number of hydrogen-bond donors (Lipinski definition) is 1. The number of piperazine rings is 1. The van der Waals surface area contributed by atoms with Crippen LogP contribution in [0.1, 0.15) is 46.1 Å². The van der Waals surface area contributed by atoms with Crippen molar-refractivity contribution in [1.29, 1.82) is 0 Å². The lowest BCUT2D eigenvalue weighted by molar-refractivity contribution is 0.128. The summed E-state index contributed by atoms with van der Waals surface area (Å²) in [7, 11) is 0. The van der Waals surface area contributed by atoms with E-state index in [4.69, 9.17) is 4.42 Å². The third kappa shape index (κ3) is 4.36. The average molecular weight is 358 g/mol. The Morgan fingerprint density at radius 3 is 2.54 bits per heavy atom. The molecule has 1 aromatic heterocycles. The zero-order valence-corrected chi connectivity index (χ0v) is 16.5. The van der Waals surface area contributed by atoms with Crippen LogP contribution in [-0.4, -0.2) is 53.0 Å². The van der Waals surface area contributed by atoms with Crippen molar-refractivity contribution in [2.75, 3.05) is 26.2 Å². The van der Waals surface area contributed by atoms with Crippen molar-refractivity contribution in [2.45, 2.75) is 52.6 Å². The largest absolute Gasteiger partial charge is 0.439 e. The van der Waals surface area contributed by atoms with E-state index in [1.54, 1.807) is 0 Å². The van der Waals surface area contributed by atoms with Crippen LogP contribution < -0.4 is 5.32 Å². The lowest BCUT2D eigenvalue weighted by Crippen LogP contribution is -2.52. The Morgan fingerprint density at radius 2 is 1.92 bits per heavy atom. The summed E-state index contributed by atoms with van der Waals surface area (Å²) in [6.07, 6.45) is 0. The summed E-state index contributed by atoms with van der Waals surface area (Å²) >= 11 is 0. The lowest BCUT2D eigenvalue weighted by atomic mass is 9.87. The van der Waals surface area contributed by atoms with Gasteiger partial charge < -0.3 is 14.6 Å². The van der Waals surface area contributed by atoms with Gasteiger partial charge in [0.1, 0.15) is 5.52 Å². The number of nitrogens with zero attached hydrogens (tertiary/aromatic N) is 3. The summed E-state index contributed by atoms with van der Waals surface area (Å²) in [5.74, 6) is 0.742. The lowest BCUT2D eigenvalue weighted by Gasteiger charge is -2.34. The van der Waals surface area contributed by atoms with Crippen molar-refractivity contribution in [3.05, 3.63) is 29.7 Å². The van der Waals surface area contributed by atoms with Gasteiger partial charge in [-0.2, -0.15) is 0 Å². The fourth-order valence-electron chi connectivity index (χ4n) is 3.15. The van der Waals surface area contributed by atoms with Crippen LogP contribution in [0.2, 0.25) is 0 Å². The van der Waals surface area contributed by atoms with E-state index >= 15 is 0 Å². The number of nitrogens with one attached hydrogen (secondary N) is 1. The Bertz CT molecular complexity index is 768. The number of aromatic nitrogens is 1. The van der Waals surface area contributed by atoms with Crippen molar-refractivity contribution in [1.82, 2.24) is 20.1 Å². The first-order chi connectivity index (χ1) is 12.2. The van der Waals surface area contributed by atoms with Gasteiger partial charge in [0.05, 0.1) is 6.54 Å². The first kappa shape index (κ1) is 18.7. The topological polar surface area (TPSA) is 61.6 Å². The Hall–Kier alpha value is -2.08. The summed E-state index contributed by atoms with van der Waals surface area (Å²) in [5, 5.41) is 2.95. The van der Waals surface area contributed by atoms with Gasteiger partial charge in [-0.3, -0.25) is 4.90 Å². The number of urea groups is 1. The predicted octanol–water partition coefficient (Wildman–Crippen LogP) is 3.36. The van der Waals surface area contributed by atoms with Gasteiger partial charge in [0, 0.05) is 32.2 Å². The molecule has 1 aromatic carbocycles. The predicted molar refractivity (Wildman–Crippen MR) is 103 cm³/mol. The number of rotatable bonds is 3. The van der Waals surface area contributed by atoms with Crippen molar-refractivity contribution >= 4 is 17.1 Å². The minimum atomic E-state index is 0.0243. The molecule has 6 heteroatoms. The molecule has 1 saturated heterocycles. The molecule has 26 heavy (non-hydrogen) atoms. The van der Waals surface area contributed by atoms with Crippen molar-refractivity contribution in [3.63, 3.8) is 0 Å². The van der Waals surface area contributed by atoms with Crippen LogP contribution in [0.5, 0.6) is 0 Å². The molecule has 2 amide bonds. The van der Waals surface area contributed by atoms with E-state index < -0.39 is 0 Å². The van der Waals surface area contributed by atoms with Crippen LogP contribution in [0.3, 0.4) is 0 Å². The standard InChI is InChI=1S/C20H30N4O2/c1-14(2)21-19(25)24-10-8-23(9-11-24)13-18-22-16-12-15(20(3,4)5)6-7-17(16)26-18/h6-7,12,14H,8-11,13H2,1-5H3,(H,21,25). The average Bonchev–Trinajstić information content (AvgIpc) is 2.95. The summed E-state index contributed by atoms with van der Waals surface area (Å²) in [6, 6.07) is 6.44. The molecular formula is C20H30N4O2. The monoisotopic (exact) mass is 358 g/mol. The van der Waals surface area contributed by atoms with E-state index in [1.165, 1.54) is 5.56 Å². The van der Waals surface area contributed by atoms with E-state index in [9.17, 15) is 4.79 Å². The molecule has 0 spiro atoms. The van der Waals surface area contributed by atoms with Crippen molar-refractivity contribution in [2.24, 2.45) is 0 Å². The molecule has 0 atom stereocenters. The van der Waals surface area contributed by atoms with E-state index in [2.05, 4.69) is 48.1 Å². The van der Waals surface area contributed by atoms with Crippen LogP contribution in [0.4, 0.5) is 4.79 Å². The molecule has 1 fully saturated rings. The second-order valence-electron chi connectivity index (χ2n) is 8.41. The molecule has 1 aliphatic rings. The first-order valence-corrected chi connectivity index (χ1v) is 9.40. The molecule has 0 radical (unpaired) electrons. The van der Waals surface area contributed by atoms with E-state index in [-0.39, 0.29) is 17.5 Å². The van der Waals surface area contributed by atoms with Gasteiger partial charge in [0.25, 0.3) is 0 Å². The van der Waals surface area contributed by atoms with Crippen molar-refractivity contribution < 1.29 is 9.21 Å². The number of amides is 2. The highest BCUT2D eigenvalue weighted by Gasteiger charge is 2.23. The van der Waals surface area contributed by atoms with E-state index in [1.807, 2.05) is 24.8 Å². The SMILES string of the molecule is CC(C)NC(=O)N1CCN(Cc2nc3cc(C(C)(C)C)ccc3o2)CC1. The Kier molecular flexibility index (Phi) is 5.23. The van der Waals surface area contributed by atoms with Crippen LogP contribution in [0.15, 0.2) is 22.6 Å². The maximum atomic E-state index is 12.1. The molecular weight excluding hydrogens is 328 g/mol. The number of oxazole rings is 1. The number of carbonyl (C=O) groups excluding carboxylic acids is 1.